The molecule has 45 heavy (non-hydrogen) atoms. The third-order valence-electron chi connectivity index (χ3n) is 7.52. The molecule has 0 aliphatic carbocycles. The topological polar surface area (TPSA) is 102 Å². The molecule has 0 aliphatic heterocycles. The molecule has 0 aromatic heterocycles. The highest BCUT2D eigenvalue weighted by molar-refractivity contribution is 5.70. The standard InChI is InChI=1S/C37H65NO7/c1-6-8-10-12-14-15-16-17-18-19-20-22-24-26-28-36(40)45-33(31-43-30-29-34(37(41)42)38(3,4)5)32-44-35(39)27-25-23-21-13-11-9-7-2/h8,10,14-15,21,23,33-34H,6-7,9,11-13,16-20,22,24-32H2,1-5H3/b10-8+,15-14+,23-21+. The van der Waals surface area contributed by atoms with Gasteiger partial charge in [0, 0.05) is 19.3 Å². The fraction of sp³-hybridized carbons (Fsp3) is 0.757. The van der Waals surface area contributed by atoms with Gasteiger partial charge in [0.15, 0.2) is 6.10 Å². The molecule has 8 nitrogen and oxygen atoms in total. The van der Waals surface area contributed by atoms with Crippen LogP contribution in [0.15, 0.2) is 36.5 Å². The molecule has 0 aromatic rings. The number of carboxylic acid groups (broad SMARTS) is 1. The highest BCUT2D eigenvalue weighted by atomic mass is 16.6. The second-order valence-corrected chi connectivity index (χ2v) is 12.7. The number of nitrogens with zero attached hydrogens (tertiary/aromatic N) is 1. The molecule has 0 N–H and O–H groups in total. The largest absolute Gasteiger partial charge is 0.544 e. The summed E-state index contributed by atoms with van der Waals surface area (Å²) in [5, 5.41) is 11.5. The normalized spacial score (nSPS) is 13.5. The van der Waals surface area contributed by atoms with E-state index in [-0.39, 0.29) is 49.1 Å². The lowest BCUT2D eigenvalue weighted by atomic mass is 10.1. The van der Waals surface area contributed by atoms with Gasteiger partial charge < -0.3 is 28.6 Å². The van der Waals surface area contributed by atoms with Gasteiger partial charge in [-0.3, -0.25) is 9.59 Å². The van der Waals surface area contributed by atoms with Gasteiger partial charge in [0.05, 0.1) is 40.3 Å². The maximum atomic E-state index is 12.6. The maximum absolute atomic E-state index is 12.6. The number of carboxylic acids is 1. The first-order chi connectivity index (χ1) is 21.6. The van der Waals surface area contributed by atoms with Crippen LogP contribution < -0.4 is 5.11 Å². The molecule has 0 spiro atoms. The van der Waals surface area contributed by atoms with E-state index < -0.39 is 18.1 Å². The zero-order valence-electron chi connectivity index (χ0n) is 29.3. The van der Waals surface area contributed by atoms with Crippen LogP contribution in [0.4, 0.5) is 0 Å². The van der Waals surface area contributed by atoms with E-state index in [1.54, 1.807) is 21.1 Å². The Morgan fingerprint density at radius 1 is 0.689 bits per heavy atom. The number of likely N-dealkylation sites (N-methyl/N-ethyl adjacent to an activating group) is 1. The van der Waals surface area contributed by atoms with Crippen molar-refractivity contribution in [3.63, 3.8) is 0 Å². The Morgan fingerprint density at radius 2 is 1.29 bits per heavy atom. The van der Waals surface area contributed by atoms with E-state index in [4.69, 9.17) is 14.2 Å². The first-order valence-corrected chi connectivity index (χ1v) is 17.5. The van der Waals surface area contributed by atoms with Crippen molar-refractivity contribution in [1.82, 2.24) is 0 Å². The van der Waals surface area contributed by atoms with Crippen LogP contribution in [0.5, 0.6) is 0 Å². The number of hydrogen-bond acceptors (Lipinski definition) is 7. The van der Waals surface area contributed by atoms with Crippen molar-refractivity contribution >= 4 is 17.9 Å². The number of quaternary nitrogens is 1. The Kier molecular flexibility index (Phi) is 27.4. The Hall–Kier alpha value is -2.45. The number of hydrogen-bond donors (Lipinski definition) is 0. The van der Waals surface area contributed by atoms with Crippen LogP contribution >= 0.6 is 0 Å². The minimum absolute atomic E-state index is 0.0257. The smallest absolute Gasteiger partial charge is 0.306 e. The van der Waals surface area contributed by atoms with Gasteiger partial charge in [0.2, 0.25) is 0 Å². The molecule has 0 amide bonds. The summed E-state index contributed by atoms with van der Waals surface area (Å²) in [5.74, 6) is -1.82. The van der Waals surface area contributed by atoms with E-state index in [0.717, 1.165) is 51.4 Å². The summed E-state index contributed by atoms with van der Waals surface area (Å²) >= 11 is 0. The van der Waals surface area contributed by atoms with Crippen molar-refractivity contribution in [3.05, 3.63) is 36.5 Å². The highest BCUT2D eigenvalue weighted by Crippen LogP contribution is 2.12. The van der Waals surface area contributed by atoms with Crippen molar-refractivity contribution in [3.8, 4) is 0 Å². The van der Waals surface area contributed by atoms with E-state index >= 15 is 0 Å². The fourth-order valence-corrected chi connectivity index (χ4v) is 4.77. The van der Waals surface area contributed by atoms with Gasteiger partial charge in [0.1, 0.15) is 12.6 Å². The fourth-order valence-electron chi connectivity index (χ4n) is 4.77. The number of esters is 2. The summed E-state index contributed by atoms with van der Waals surface area (Å²) in [6, 6.07) is -0.728. The number of carbonyl (C=O) groups excluding carboxylic acids is 3. The zero-order chi connectivity index (χ0) is 33.6. The van der Waals surface area contributed by atoms with Crippen molar-refractivity contribution in [1.29, 1.82) is 0 Å². The minimum atomic E-state index is -1.13. The lowest BCUT2D eigenvalue weighted by Gasteiger charge is -2.34. The van der Waals surface area contributed by atoms with Crippen LogP contribution in [-0.2, 0) is 28.6 Å². The molecular formula is C37H65NO7. The van der Waals surface area contributed by atoms with Crippen molar-refractivity contribution in [2.75, 3.05) is 41.0 Å². The molecule has 0 aliphatic rings. The first kappa shape index (κ1) is 42.6. The molecule has 0 saturated heterocycles. The Labute approximate surface area is 274 Å². The zero-order valence-corrected chi connectivity index (χ0v) is 29.3. The summed E-state index contributed by atoms with van der Waals surface area (Å²) in [6.45, 7) is 4.41. The van der Waals surface area contributed by atoms with Crippen LogP contribution in [0.1, 0.15) is 129 Å². The van der Waals surface area contributed by atoms with Crippen LogP contribution in [0, 0.1) is 0 Å². The minimum Gasteiger partial charge on any atom is -0.544 e. The SMILES string of the molecule is CC/C=C/C/C=C/CCCCCCCCCC(=O)OC(COCCC(C(=O)[O-])[N+](C)(C)C)COC(=O)CC/C=C/CCCCC. The van der Waals surface area contributed by atoms with Crippen molar-refractivity contribution in [2.24, 2.45) is 0 Å². The second-order valence-electron chi connectivity index (χ2n) is 12.7. The lowest BCUT2D eigenvalue weighted by Crippen LogP contribution is -2.55. The summed E-state index contributed by atoms with van der Waals surface area (Å²) in [7, 11) is 5.37. The average Bonchev–Trinajstić information content (AvgIpc) is 2.98. The monoisotopic (exact) mass is 635 g/mol. The van der Waals surface area contributed by atoms with E-state index in [9.17, 15) is 19.5 Å². The predicted molar refractivity (Wildman–Crippen MR) is 180 cm³/mol. The number of carbonyl (C=O) groups is 3. The van der Waals surface area contributed by atoms with Gasteiger partial charge in [-0.15, -0.1) is 0 Å². The van der Waals surface area contributed by atoms with Gasteiger partial charge in [-0.25, -0.2) is 0 Å². The maximum Gasteiger partial charge on any atom is 0.306 e. The molecule has 260 valence electrons. The molecule has 0 fully saturated rings. The quantitative estimate of drug-likeness (QED) is 0.0362. The third kappa shape index (κ3) is 27.6. The van der Waals surface area contributed by atoms with Crippen molar-refractivity contribution < 1.29 is 38.2 Å². The number of aliphatic carboxylic acids is 1. The van der Waals surface area contributed by atoms with E-state index in [1.165, 1.54) is 38.5 Å². The van der Waals surface area contributed by atoms with E-state index in [2.05, 4.69) is 44.2 Å². The van der Waals surface area contributed by atoms with E-state index in [1.807, 2.05) is 6.08 Å². The van der Waals surface area contributed by atoms with Gasteiger partial charge in [-0.05, 0) is 51.4 Å². The number of unbranched alkanes of at least 4 members (excludes halogenated alkanes) is 10. The summed E-state index contributed by atoms with van der Waals surface area (Å²) in [6.07, 6.45) is 29.1. The van der Waals surface area contributed by atoms with Crippen LogP contribution in [0.3, 0.4) is 0 Å². The second kappa shape index (κ2) is 29.0. The summed E-state index contributed by atoms with van der Waals surface area (Å²) in [5.41, 5.74) is 0. The number of rotatable bonds is 30. The average molecular weight is 636 g/mol. The molecule has 0 rings (SSSR count). The Balaban J connectivity index is 4.46. The summed E-state index contributed by atoms with van der Waals surface area (Å²) < 4.78 is 16.9. The lowest BCUT2D eigenvalue weighted by molar-refractivity contribution is -0.889. The van der Waals surface area contributed by atoms with Gasteiger partial charge in [-0.1, -0.05) is 95.2 Å². The predicted octanol–water partition coefficient (Wildman–Crippen LogP) is 7.01. The third-order valence-corrected chi connectivity index (χ3v) is 7.52. The molecule has 2 unspecified atom stereocenters. The summed E-state index contributed by atoms with van der Waals surface area (Å²) in [4.78, 5) is 36.4. The highest BCUT2D eigenvalue weighted by Gasteiger charge is 2.25. The Bertz CT molecular complexity index is 844. The van der Waals surface area contributed by atoms with E-state index in [0.29, 0.717) is 12.8 Å². The molecule has 2 atom stereocenters. The van der Waals surface area contributed by atoms with Crippen molar-refractivity contribution in [2.45, 2.75) is 142 Å². The van der Waals surface area contributed by atoms with Gasteiger partial charge in [0.25, 0.3) is 0 Å². The number of ether oxygens (including phenoxy) is 3. The molecule has 0 radical (unpaired) electrons. The molecular weight excluding hydrogens is 570 g/mol. The number of allylic oxidation sites excluding steroid dienone is 6. The molecule has 0 saturated carbocycles. The molecule has 0 aromatic carbocycles. The molecule has 8 heteroatoms. The molecule has 0 heterocycles. The van der Waals surface area contributed by atoms with Crippen LogP contribution in [0.25, 0.3) is 0 Å². The molecule has 0 bridgehead atoms. The first-order valence-electron chi connectivity index (χ1n) is 17.5. The van der Waals surface area contributed by atoms with Gasteiger partial charge in [-0.2, -0.15) is 0 Å². The van der Waals surface area contributed by atoms with Crippen LogP contribution in [-0.4, -0.2) is 75.5 Å². The Morgan fingerprint density at radius 3 is 1.93 bits per heavy atom. The van der Waals surface area contributed by atoms with Crippen LogP contribution in [0.2, 0.25) is 0 Å². The van der Waals surface area contributed by atoms with Gasteiger partial charge >= 0.3 is 11.9 Å².